The third-order valence-electron chi connectivity index (χ3n) is 3.48. The number of carboxylic acids is 1. The van der Waals surface area contributed by atoms with E-state index in [9.17, 15) is 9.59 Å². The maximum absolute atomic E-state index is 11.8. The van der Waals surface area contributed by atoms with E-state index in [1.54, 1.807) is 0 Å². The van der Waals surface area contributed by atoms with E-state index in [-0.39, 0.29) is 24.3 Å². The average molecular weight is 272 g/mol. The summed E-state index contributed by atoms with van der Waals surface area (Å²) < 4.78 is 0. The van der Waals surface area contributed by atoms with Crippen molar-refractivity contribution in [2.75, 3.05) is 6.54 Å². The maximum atomic E-state index is 11.8. The minimum Gasteiger partial charge on any atom is -0.481 e. The maximum Gasteiger partial charge on any atom is 0.305 e. The molecule has 2 unspecified atom stereocenters. The lowest BCUT2D eigenvalue weighted by Crippen LogP contribution is -2.40. The van der Waals surface area contributed by atoms with Crippen LogP contribution in [0.2, 0.25) is 0 Å². The Morgan fingerprint density at radius 2 is 1.89 bits per heavy atom. The lowest BCUT2D eigenvalue weighted by Gasteiger charge is -2.21. The van der Waals surface area contributed by atoms with E-state index >= 15 is 0 Å². The minimum absolute atomic E-state index is 0.0244. The van der Waals surface area contributed by atoms with Crippen molar-refractivity contribution in [3.63, 3.8) is 0 Å². The summed E-state index contributed by atoms with van der Waals surface area (Å²) >= 11 is 0. The summed E-state index contributed by atoms with van der Waals surface area (Å²) in [7, 11) is 0. The van der Waals surface area contributed by atoms with Gasteiger partial charge in [0, 0.05) is 12.5 Å². The van der Waals surface area contributed by atoms with Crippen molar-refractivity contribution in [1.29, 1.82) is 0 Å². The molecule has 112 valence electrons. The second-order valence-electron chi connectivity index (χ2n) is 5.41. The molecule has 0 aliphatic rings. The predicted molar refractivity (Wildman–Crippen MR) is 75.7 cm³/mol. The molecule has 0 aromatic rings. The standard InChI is InChI=1S/C14H28N2O3/c1-4-11(7-8-15)5-6-13(17)16-12(10(2)3)9-14(18)19/h10-12H,4-9,15H2,1-3H3,(H,16,17)(H,18,19). The van der Waals surface area contributed by atoms with Crippen LogP contribution >= 0.6 is 0 Å². The van der Waals surface area contributed by atoms with Crippen LogP contribution in [0.1, 0.15) is 52.9 Å². The Balaban J connectivity index is 4.15. The number of nitrogens with two attached hydrogens (primary N) is 1. The van der Waals surface area contributed by atoms with Gasteiger partial charge >= 0.3 is 5.97 Å². The predicted octanol–water partition coefficient (Wildman–Crippen LogP) is 1.76. The number of hydrogen-bond acceptors (Lipinski definition) is 3. The van der Waals surface area contributed by atoms with Crippen molar-refractivity contribution in [3.05, 3.63) is 0 Å². The molecular weight excluding hydrogens is 244 g/mol. The first-order valence-electron chi connectivity index (χ1n) is 7.11. The Bertz CT molecular complexity index is 280. The van der Waals surface area contributed by atoms with Crippen LogP contribution < -0.4 is 11.1 Å². The fraction of sp³-hybridized carbons (Fsp3) is 0.857. The summed E-state index contributed by atoms with van der Waals surface area (Å²) in [5.74, 6) is -0.345. The highest BCUT2D eigenvalue weighted by atomic mass is 16.4. The highest BCUT2D eigenvalue weighted by molar-refractivity contribution is 5.77. The van der Waals surface area contributed by atoms with Crippen LogP contribution in [-0.4, -0.2) is 29.6 Å². The first-order valence-corrected chi connectivity index (χ1v) is 7.11. The van der Waals surface area contributed by atoms with E-state index in [4.69, 9.17) is 10.8 Å². The van der Waals surface area contributed by atoms with Crippen LogP contribution in [0, 0.1) is 11.8 Å². The quantitative estimate of drug-likeness (QED) is 0.565. The molecule has 0 saturated carbocycles. The van der Waals surface area contributed by atoms with Crippen LogP contribution in [0.3, 0.4) is 0 Å². The topological polar surface area (TPSA) is 92.4 Å². The molecule has 0 heterocycles. The molecule has 5 nitrogen and oxygen atoms in total. The molecule has 0 aromatic heterocycles. The van der Waals surface area contributed by atoms with E-state index < -0.39 is 5.97 Å². The van der Waals surface area contributed by atoms with E-state index in [1.807, 2.05) is 13.8 Å². The van der Waals surface area contributed by atoms with Gasteiger partial charge in [0.2, 0.25) is 5.91 Å². The van der Waals surface area contributed by atoms with Gasteiger partial charge in [-0.3, -0.25) is 9.59 Å². The van der Waals surface area contributed by atoms with Crippen LogP contribution in [0.25, 0.3) is 0 Å². The van der Waals surface area contributed by atoms with Gasteiger partial charge in [-0.15, -0.1) is 0 Å². The van der Waals surface area contributed by atoms with Crippen LogP contribution in [0.5, 0.6) is 0 Å². The van der Waals surface area contributed by atoms with Crippen LogP contribution in [0.15, 0.2) is 0 Å². The van der Waals surface area contributed by atoms with E-state index in [0.29, 0.717) is 18.9 Å². The fourth-order valence-electron chi connectivity index (χ4n) is 2.04. The largest absolute Gasteiger partial charge is 0.481 e. The minimum atomic E-state index is -0.881. The molecule has 1 amide bonds. The van der Waals surface area contributed by atoms with Crippen LogP contribution in [0.4, 0.5) is 0 Å². The Morgan fingerprint density at radius 3 is 2.32 bits per heavy atom. The van der Waals surface area contributed by atoms with E-state index in [2.05, 4.69) is 12.2 Å². The normalized spacial score (nSPS) is 14.2. The summed E-state index contributed by atoms with van der Waals surface area (Å²) in [4.78, 5) is 22.6. The fourth-order valence-corrected chi connectivity index (χ4v) is 2.04. The summed E-state index contributed by atoms with van der Waals surface area (Å²) in [6, 6.07) is -0.292. The van der Waals surface area contributed by atoms with Gasteiger partial charge in [-0.05, 0) is 31.2 Å². The molecule has 2 atom stereocenters. The second kappa shape index (κ2) is 9.78. The van der Waals surface area contributed by atoms with Gasteiger partial charge in [0.1, 0.15) is 0 Å². The lowest BCUT2D eigenvalue weighted by molar-refractivity contribution is -0.138. The molecular formula is C14H28N2O3. The Labute approximate surface area is 115 Å². The smallest absolute Gasteiger partial charge is 0.305 e. The molecule has 0 aliphatic carbocycles. The summed E-state index contributed by atoms with van der Waals surface area (Å²) in [5, 5.41) is 11.6. The highest BCUT2D eigenvalue weighted by Gasteiger charge is 2.19. The van der Waals surface area contributed by atoms with Gasteiger partial charge in [0.15, 0.2) is 0 Å². The first-order chi connectivity index (χ1) is 8.90. The average Bonchev–Trinajstić information content (AvgIpc) is 2.32. The van der Waals surface area contributed by atoms with Crippen LogP contribution in [-0.2, 0) is 9.59 Å². The molecule has 0 spiro atoms. The molecule has 5 heteroatoms. The first kappa shape index (κ1) is 17.9. The number of rotatable bonds is 10. The van der Waals surface area contributed by atoms with Crippen molar-refractivity contribution in [2.45, 2.75) is 58.9 Å². The third-order valence-corrected chi connectivity index (χ3v) is 3.48. The molecule has 0 radical (unpaired) electrons. The Morgan fingerprint density at radius 1 is 1.26 bits per heavy atom. The SMILES string of the molecule is CCC(CCN)CCC(=O)NC(CC(=O)O)C(C)C. The summed E-state index contributed by atoms with van der Waals surface area (Å²) in [6.07, 6.45) is 3.20. The van der Waals surface area contributed by atoms with Crippen molar-refractivity contribution in [2.24, 2.45) is 17.6 Å². The third kappa shape index (κ3) is 8.59. The van der Waals surface area contributed by atoms with Gasteiger partial charge in [-0.2, -0.15) is 0 Å². The number of carbonyl (C=O) groups is 2. The molecule has 0 saturated heterocycles. The van der Waals surface area contributed by atoms with Crippen molar-refractivity contribution >= 4 is 11.9 Å². The molecule has 0 aliphatic heterocycles. The molecule has 19 heavy (non-hydrogen) atoms. The molecule has 0 fully saturated rings. The zero-order valence-electron chi connectivity index (χ0n) is 12.3. The number of aliphatic carboxylic acids is 1. The second-order valence-corrected chi connectivity index (χ2v) is 5.41. The Hall–Kier alpha value is -1.10. The zero-order valence-corrected chi connectivity index (χ0v) is 12.3. The Kier molecular flexibility index (Phi) is 9.21. The number of hydrogen-bond donors (Lipinski definition) is 3. The van der Waals surface area contributed by atoms with Crippen molar-refractivity contribution < 1.29 is 14.7 Å². The number of amides is 1. The van der Waals surface area contributed by atoms with E-state index in [1.165, 1.54) is 0 Å². The number of carbonyl (C=O) groups excluding carboxylic acids is 1. The van der Waals surface area contributed by atoms with E-state index in [0.717, 1.165) is 19.3 Å². The van der Waals surface area contributed by atoms with Gasteiger partial charge in [0.25, 0.3) is 0 Å². The van der Waals surface area contributed by atoms with Crippen molar-refractivity contribution in [3.8, 4) is 0 Å². The zero-order chi connectivity index (χ0) is 14.8. The van der Waals surface area contributed by atoms with Gasteiger partial charge in [-0.1, -0.05) is 27.2 Å². The molecule has 4 N–H and O–H groups in total. The molecule has 0 rings (SSSR count). The van der Waals surface area contributed by atoms with Gasteiger partial charge < -0.3 is 16.2 Å². The van der Waals surface area contributed by atoms with Gasteiger partial charge in [-0.25, -0.2) is 0 Å². The highest BCUT2D eigenvalue weighted by Crippen LogP contribution is 2.15. The molecule has 0 aromatic carbocycles. The van der Waals surface area contributed by atoms with Gasteiger partial charge in [0.05, 0.1) is 6.42 Å². The summed E-state index contributed by atoms with van der Waals surface area (Å²) in [6.45, 7) is 6.57. The number of nitrogens with one attached hydrogen (secondary N) is 1. The lowest BCUT2D eigenvalue weighted by atomic mass is 9.96. The number of carboxylic acid groups (broad SMARTS) is 1. The monoisotopic (exact) mass is 272 g/mol. The molecule has 0 bridgehead atoms. The van der Waals surface area contributed by atoms with Crippen molar-refractivity contribution in [1.82, 2.24) is 5.32 Å². The summed E-state index contributed by atoms with van der Waals surface area (Å²) in [5.41, 5.74) is 5.52.